The predicted molar refractivity (Wildman–Crippen MR) is 55.9 cm³/mol. The van der Waals surface area contributed by atoms with Crippen LogP contribution in [0.15, 0.2) is 12.3 Å². The van der Waals surface area contributed by atoms with Crippen molar-refractivity contribution in [3.8, 4) is 0 Å². The fourth-order valence-electron chi connectivity index (χ4n) is 1.05. The molecule has 9 heteroatoms. The first-order valence-corrected chi connectivity index (χ1v) is 6.53. The Morgan fingerprint density at radius 3 is 2.53 bits per heavy atom. The molecule has 1 N–H and O–H groups in total. The predicted octanol–water partition coefficient (Wildman–Crippen LogP) is 1.80. The lowest BCUT2D eigenvalue weighted by Gasteiger charge is -2.12. The van der Waals surface area contributed by atoms with Gasteiger partial charge in [0, 0.05) is 6.20 Å². The lowest BCUT2D eigenvalue weighted by Crippen LogP contribution is -2.24. The van der Waals surface area contributed by atoms with Crippen molar-refractivity contribution in [3.05, 3.63) is 28.5 Å². The van der Waals surface area contributed by atoms with E-state index >= 15 is 0 Å². The van der Waals surface area contributed by atoms with Crippen LogP contribution in [-0.4, -0.2) is 19.7 Å². The minimum Gasteiger partial charge on any atom is -0.258 e. The molecule has 1 heterocycles. The Hall–Kier alpha value is -0.860. The van der Waals surface area contributed by atoms with E-state index < -0.39 is 34.0 Å². The molecule has 0 unspecified atom stereocenters. The van der Waals surface area contributed by atoms with Crippen molar-refractivity contribution < 1.29 is 21.6 Å². The van der Waals surface area contributed by atoms with Crippen LogP contribution in [0.1, 0.15) is 11.3 Å². The van der Waals surface area contributed by atoms with Crippen molar-refractivity contribution >= 4 is 21.6 Å². The van der Waals surface area contributed by atoms with E-state index in [0.29, 0.717) is 6.07 Å². The molecular weight excluding hydrogens is 281 g/mol. The monoisotopic (exact) mass is 288 g/mol. The van der Waals surface area contributed by atoms with Gasteiger partial charge < -0.3 is 0 Å². The van der Waals surface area contributed by atoms with E-state index in [1.807, 2.05) is 4.72 Å². The van der Waals surface area contributed by atoms with Gasteiger partial charge in [-0.25, -0.2) is 13.1 Å². The minimum absolute atomic E-state index is 0.166. The lowest BCUT2D eigenvalue weighted by atomic mass is 10.2. The van der Waals surface area contributed by atoms with Crippen LogP contribution in [0.2, 0.25) is 5.02 Å². The molecule has 0 spiro atoms. The summed E-state index contributed by atoms with van der Waals surface area (Å²) in [6.45, 7) is -0.537. The average molecular weight is 289 g/mol. The Labute approximate surface area is 101 Å². The largest absolute Gasteiger partial charge is 0.418 e. The Morgan fingerprint density at radius 2 is 2.06 bits per heavy atom. The van der Waals surface area contributed by atoms with Crippen LogP contribution in [0.4, 0.5) is 13.2 Å². The van der Waals surface area contributed by atoms with E-state index in [9.17, 15) is 21.6 Å². The van der Waals surface area contributed by atoms with Crippen molar-refractivity contribution in [2.75, 3.05) is 6.26 Å². The van der Waals surface area contributed by atoms with Crippen LogP contribution in [0, 0.1) is 0 Å². The zero-order valence-electron chi connectivity index (χ0n) is 8.55. The maximum absolute atomic E-state index is 12.6. The number of halogens is 4. The van der Waals surface area contributed by atoms with Gasteiger partial charge in [-0.1, -0.05) is 11.6 Å². The van der Waals surface area contributed by atoms with Gasteiger partial charge in [0.15, 0.2) is 0 Å². The number of sulfonamides is 1. The molecule has 0 aliphatic carbocycles. The molecule has 0 atom stereocenters. The molecule has 0 amide bonds. The molecule has 0 aliphatic rings. The summed E-state index contributed by atoms with van der Waals surface area (Å²) < 4.78 is 61.2. The highest BCUT2D eigenvalue weighted by molar-refractivity contribution is 7.88. The highest BCUT2D eigenvalue weighted by atomic mass is 35.5. The van der Waals surface area contributed by atoms with Crippen LogP contribution in [-0.2, 0) is 22.7 Å². The Balaban J connectivity index is 3.07. The van der Waals surface area contributed by atoms with Crippen LogP contribution in [0.25, 0.3) is 0 Å². The number of hydrogen-bond acceptors (Lipinski definition) is 3. The van der Waals surface area contributed by atoms with E-state index in [1.54, 1.807) is 0 Å². The molecule has 0 radical (unpaired) electrons. The van der Waals surface area contributed by atoms with Crippen molar-refractivity contribution in [3.63, 3.8) is 0 Å². The smallest absolute Gasteiger partial charge is 0.258 e. The third-order valence-electron chi connectivity index (χ3n) is 1.74. The zero-order valence-corrected chi connectivity index (χ0v) is 10.1. The third kappa shape index (κ3) is 4.49. The molecular formula is C8H8ClF3N2O2S. The Morgan fingerprint density at radius 1 is 1.47 bits per heavy atom. The van der Waals surface area contributed by atoms with Crippen molar-refractivity contribution in [2.45, 2.75) is 12.7 Å². The molecule has 96 valence electrons. The molecule has 1 aromatic rings. The normalized spacial score (nSPS) is 12.8. The van der Waals surface area contributed by atoms with Gasteiger partial charge in [-0.2, -0.15) is 13.2 Å². The topological polar surface area (TPSA) is 59.1 Å². The summed E-state index contributed by atoms with van der Waals surface area (Å²) in [5.74, 6) is 0. The second-order valence-corrected chi connectivity index (χ2v) is 5.51. The van der Waals surface area contributed by atoms with Crippen LogP contribution < -0.4 is 4.72 Å². The van der Waals surface area contributed by atoms with E-state index in [1.165, 1.54) is 0 Å². The number of nitrogens with zero attached hydrogens (tertiary/aromatic N) is 1. The average Bonchev–Trinajstić information content (AvgIpc) is 2.13. The standard InChI is InChI=1S/C8H8ClF3N2O2S/c1-17(15,16)14-4-7-6(8(10,11)12)2-5(9)3-13-7/h2-3,14H,4H2,1H3. The third-order valence-corrected chi connectivity index (χ3v) is 2.62. The molecule has 17 heavy (non-hydrogen) atoms. The lowest BCUT2D eigenvalue weighted by molar-refractivity contribution is -0.138. The summed E-state index contributed by atoms with van der Waals surface area (Å²) in [4.78, 5) is 3.47. The first-order chi connectivity index (χ1) is 7.59. The molecule has 0 saturated heterocycles. The van der Waals surface area contributed by atoms with Gasteiger partial charge in [-0.05, 0) is 6.07 Å². The fraction of sp³-hybridized carbons (Fsp3) is 0.375. The van der Waals surface area contributed by atoms with Crippen LogP contribution in [0.3, 0.4) is 0 Å². The molecule has 0 aliphatic heterocycles. The van der Waals surface area contributed by atoms with Gasteiger partial charge in [0.05, 0.1) is 29.1 Å². The highest BCUT2D eigenvalue weighted by Crippen LogP contribution is 2.32. The Bertz CT molecular complexity index is 516. The number of rotatable bonds is 3. The summed E-state index contributed by atoms with van der Waals surface area (Å²) in [6.07, 6.45) is -2.77. The van der Waals surface area contributed by atoms with E-state index in [2.05, 4.69) is 4.98 Å². The van der Waals surface area contributed by atoms with E-state index in [4.69, 9.17) is 11.6 Å². The summed E-state index contributed by atoms with van der Waals surface area (Å²) in [7, 11) is -3.59. The first kappa shape index (κ1) is 14.2. The second-order valence-electron chi connectivity index (χ2n) is 3.24. The van der Waals surface area contributed by atoms with Gasteiger partial charge in [-0.15, -0.1) is 0 Å². The summed E-state index contributed by atoms with van der Waals surface area (Å²) in [5.41, 5.74) is -1.48. The van der Waals surface area contributed by atoms with Crippen molar-refractivity contribution in [1.29, 1.82) is 0 Å². The molecule has 1 aromatic heterocycles. The van der Waals surface area contributed by atoms with E-state index in [-0.39, 0.29) is 5.02 Å². The number of aromatic nitrogens is 1. The van der Waals surface area contributed by atoms with E-state index in [0.717, 1.165) is 12.5 Å². The number of alkyl halides is 3. The summed E-state index contributed by atoms with van der Waals surface area (Å²) in [6, 6.07) is 0.702. The molecule has 0 bridgehead atoms. The highest BCUT2D eigenvalue weighted by Gasteiger charge is 2.34. The fourth-order valence-corrected chi connectivity index (χ4v) is 1.61. The maximum Gasteiger partial charge on any atom is 0.418 e. The van der Waals surface area contributed by atoms with Gasteiger partial charge in [-0.3, -0.25) is 4.98 Å². The molecule has 0 saturated carbocycles. The Kier molecular flexibility index (Phi) is 4.00. The van der Waals surface area contributed by atoms with Crippen molar-refractivity contribution in [1.82, 2.24) is 9.71 Å². The maximum atomic E-state index is 12.6. The van der Waals surface area contributed by atoms with Crippen LogP contribution in [0.5, 0.6) is 0 Å². The van der Waals surface area contributed by atoms with Crippen molar-refractivity contribution in [2.24, 2.45) is 0 Å². The molecule has 0 aromatic carbocycles. The SMILES string of the molecule is CS(=O)(=O)NCc1ncc(Cl)cc1C(F)(F)F. The number of pyridine rings is 1. The first-order valence-electron chi connectivity index (χ1n) is 4.26. The van der Waals surface area contributed by atoms with Gasteiger partial charge in [0.2, 0.25) is 10.0 Å². The molecule has 4 nitrogen and oxygen atoms in total. The van der Waals surface area contributed by atoms with Gasteiger partial charge >= 0.3 is 6.18 Å². The van der Waals surface area contributed by atoms with Gasteiger partial charge in [0.25, 0.3) is 0 Å². The quantitative estimate of drug-likeness (QED) is 0.923. The number of hydrogen-bond donors (Lipinski definition) is 1. The summed E-state index contributed by atoms with van der Waals surface area (Å²) >= 11 is 5.41. The zero-order chi connectivity index (χ0) is 13.3. The van der Waals surface area contributed by atoms with Gasteiger partial charge in [0.1, 0.15) is 0 Å². The molecule has 0 fully saturated rings. The molecule has 1 rings (SSSR count). The van der Waals surface area contributed by atoms with Crippen LogP contribution >= 0.6 is 11.6 Å². The minimum atomic E-state index is -4.63. The summed E-state index contributed by atoms with van der Waals surface area (Å²) in [5, 5.41) is -0.166. The number of nitrogens with one attached hydrogen (secondary N) is 1. The second kappa shape index (κ2) is 4.79.